The third-order valence-electron chi connectivity index (χ3n) is 7.63. The van der Waals surface area contributed by atoms with Crippen LogP contribution in [0.5, 0.6) is 0 Å². The second-order valence-electron chi connectivity index (χ2n) is 10.3. The number of rotatable bonds is 6. The van der Waals surface area contributed by atoms with Gasteiger partial charge in [0.1, 0.15) is 6.04 Å². The molecule has 2 aliphatic carbocycles. The lowest BCUT2D eigenvalue weighted by Gasteiger charge is -2.30. The summed E-state index contributed by atoms with van der Waals surface area (Å²) in [6, 6.07) is 20.0. The average Bonchev–Trinajstić information content (AvgIpc) is 3.76. The van der Waals surface area contributed by atoms with Crippen molar-refractivity contribution < 1.29 is 13.9 Å². The van der Waals surface area contributed by atoms with Crippen LogP contribution in [0.4, 0.5) is 11.7 Å². The maximum atomic E-state index is 13.4. The zero-order valence-electron chi connectivity index (χ0n) is 21.5. The first-order valence-electron chi connectivity index (χ1n) is 13.5. The summed E-state index contributed by atoms with van der Waals surface area (Å²) in [4.78, 5) is 20.4. The van der Waals surface area contributed by atoms with Crippen molar-refractivity contribution in [2.24, 2.45) is 0 Å². The number of Topliss-reactive ketones (excluding diaryl/α,β-unsaturated/α-hetero) is 1. The predicted octanol–water partition coefficient (Wildman–Crippen LogP) is 4.88. The summed E-state index contributed by atoms with van der Waals surface area (Å²) >= 11 is 0. The molecule has 2 aromatic carbocycles. The number of hydrogen-bond acceptors (Lipinski definition) is 8. The first-order valence-corrected chi connectivity index (χ1v) is 13.5. The molecule has 0 bridgehead atoms. The first-order chi connectivity index (χ1) is 19.2. The van der Waals surface area contributed by atoms with E-state index in [1.54, 1.807) is 0 Å². The number of carbonyl (C=O) groups is 1. The highest BCUT2D eigenvalue weighted by Gasteiger charge is 2.29. The Bertz CT molecular complexity index is 1540. The van der Waals surface area contributed by atoms with Crippen LogP contribution in [-0.4, -0.2) is 53.3 Å². The number of pyridine rings is 1. The first kappa shape index (κ1) is 23.8. The smallest absolute Gasteiger partial charge is 0.316 e. The van der Waals surface area contributed by atoms with Crippen LogP contribution < -0.4 is 10.2 Å². The highest BCUT2D eigenvalue weighted by Crippen LogP contribution is 2.42. The van der Waals surface area contributed by atoms with Crippen LogP contribution in [0.3, 0.4) is 0 Å². The zero-order valence-corrected chi connectivity index (χ0v) is 21.5. The summed E-state index contributed by atoms with van der Waals surface area (Å²) in [6.45, 7) is 2.91. The van der Waals surface area contributed by atoms with E-state index < -0.39 is 6.04 Å². The maximum absolute atomic E-state index is 13.4. The van der Waals surface area contributed by atoms with Gasteiger partial charge in [0.25, 0.3) is 5.89 Å². The van der Waals surface area contributed by atoms with E-state index in [0.717, 1.165) is 41.0 Å². The van der Waals surface area contributed by atoms with Crippen LogP contribution in [0.1, 0.15) is 41.0 Å². The molecule has 2 fully saturated rings. The molecule has 0 amide bonds. The number of nitrogens with one attached hydrogen (secondary N) is 1. The van der Waals surface area contributed by atoms with Crippen molar-refractivity contribution >= 4 is 23.1 Å². The predicted molar refractivity (Wildman–Crippen MR) is 149 cm³/mol. The van der Waals surface area contributed by atoms with Gasteiger partial charge >= 0.3 is 6.01 Å². The molecule has 3 aliphatic rings. The number of benzene rings is 2. The summed E-state index contributed by atoms with van der Waals surface area (Å²) in [5.74, 6) is 0.953. The number of nitrogens with zero attached hydrogens (tertiary/aromatic N) is 4. The van der Waals surface area contributed by atoms with E-state index in [4.69, 9.17) is 14.1 Å². The van der Waals surface area contributed by atoms with Crippen LogP contribution in [0, 0.1) is 0 Å². The van der Waals surface area contributed by atoms with Crippen molar-refractivity contribution in [3.63, 3.8) is 0 Å². The van der Waals surface area contributed by atoms with Gasteiger partial charge in [0.2, 0.25) is 0 Å². The molecule has 0 radical (unpaired) electrons. The molecule has 3 heterocycles. The molecule has 1 aliphatic heterocycles. The van der Waals surface area contributed by atoms with Gasteiger partial charge in [-0.1, -0.05) is 59.7 Å². The Morgan fingerprint density at radius 1 is 0.949 bits per heavy atom. The van der Waals surface area contributed by atoms with Crippen molar-refractivity contribution in [3.8, 4) is 11.6 Å². The fourth-order valence-electron chi connectivity index (χ4n) is 5.40. The number of ether oxygens (including phenoxy) is 1. The number of carbonyl (C=O) groups excluding carboxylic acids is 1. The molecular weight excluding hydrogens is 490 g/mol. The minimum Gasteiger partial charge on any atom is -0.402 e. The SMILES string of the molecule is O=C1Cc2ccccc2C(c2ccccc2)=C[C@@H]1Nc1nnc(-c2ncc(C3CC3)cc2N2CCOCC2)o1. The maximum Gasteiger partial charge on any atom is 0.316 e. The molecule has 1 N–H and O–H groups in total. The topological polar surface area (TPSA) is 93.4 Å². The lowest BCUT2D eigenvalue weighted by Crippen LogP contribution is -2.36. The number of anilines is 2. The Balaban J connectivity index is 1.21. The van der Waals surface area contributed by atoms with Crippen LogP contribution in [0.2, 0.25) is 0 Å². The monoisotopic (exact) mass is 519 g/mol. The third kappa shape index (κ3) is 4.83. The second-order valence-corrected chi connectivity index (χ2v) is 10.3. The Hall–Kier alpha value is -4.30. The van der Waals surface area contributed by atoms with Gasteiger partial charge in [-0.25, -0.2) is 4.98 Å². The lowest BCUT2D eigenvalue weighted by atomic mass is 9.94. The van der Waals surface area contributed by atoms with Crippen molar-refractivity contribution in [2.45, 2.75) is 31.2 Å². The fourth-order valence-corrected chi connectivity index (χ4v) is 5.40. The van der Waals surface area contributed by atoms with Gasteiger partial charge in [0, 0.05) is 25.7 Å². The van der Waals surface area contributed by atoms with Gasteiger partial charge in [0.15, 0.2) is 11.5 Å². The van der Waals surface area contributed by atoms with E-state index in [9.17, 15) is 4.79 Å². The Morgan fingerprint density at radius 3 is 2.56 bits per heavy atom. The molecule has 8 heteroatoms. The van der Waals surface area contributed by atoms with E-state index >= 15 is 0 Å². The van der Waals surface area contributed by atoms with Crippen LogP contribution in [0.15, 0.2) is 77.4 Å². The Morgan fingerprint density at radius 2 is 1.74 bits per heavy atom. The fraction of sp³-hybridized carbons (Fsp3) is 0.290. The van der Waals surface area contributed by atoms with Crippen LogP contribution in [0.25, 0.3) is 17.2 Å². The number of aromatic nitrogens is 3. The van der Waals surface area contributed by atoms with Crippen molar-refractivity contribution in [1.82, 2.24) is 15.2 Å². The van der Waals surface area contributed by atoms with E-state index in [2.05, 4.69) is 44.7 Å². The number of morpholine rings is 1. The van der Waals surface area contributed by atoms with E-state index in [1.807, 2.05) is 48.7 Å². The third-order valence-corrected chi connectivity index (χ3v) is 7.63. The highest BCUT2D eigenvalue weighted by molar-refractivity contribution is 5.97. The number of hydrogen-bond donors (Lipinski definition) is 1. The molecule has 0 unspecified atom stereocenters. The summed E-state index contributed by atoms with van der Waals surface area (Å²) in [7, 11) is 0. The van der Waals surface area contributed by atoms with Gasteiger partial charge in [-0.2, -0.15) is 0 Å². The summed E-state index contributed by atoms with van der Waals surface area (Å²) in [5, 5.41) is 11.8. The summed E-state index contributed by atoms with van der Waals surface area (Å²) in [6.07, 6.45) is 6.61. The molecule has 196 valence electrons. The van der Waals surface area contributed by atoms with Crippen molar-refractivity contribution in [3.05, 3.63) is 95.2 Å². The highest BCUT2D eigenvalue weighted by atomic mass is 16.5. The van der Waals surface area contributed by atoms with Gasteiger partial charge in [0.05, 0.1) is 18.9 Å². The van der Waals surface area contributed by atoms with Gasteiger partial charge in [-0.15, -0.1) is 5.10 Å². The molecule has 2 aromatic heterocycles. The molecule has 1 saturated carbocycles. The Labute approximate surface area is 226 Å². The molecule has 39 heavy (non-hydrogen) atoms. The molecule has 1 atom stereocenters. The van der Waals surface area contributed by atoms with E-state index in [-0.39, 0.29) is 11.8 Å². The number of fused-ring (bicyclic) bond motifs is 1. The second kappa shape index (κ2) is 10.1. The lowest BCUT2D eigenvalue weighted by molar-refractivity contribution is -0.118. The van der Waals surface area contributed by atoms with Crippen molar-refractivity contribution in [1.29, 1.82) is 0 Å². The minimum absolute atomic E-state index is 0.0362. The van der Waals surface area contributed by atoms with Crippen LogP contribution in [-0.2, 0) is 16.0 Å². The minimum atomic E-state index is -0.621. The van der Waals surface area contributed by atoms with Gasteiger partial charge in [-0.05, 0) is 58.7 Å². The quantitative estimate of drug-likeness (QED) is 0.385. The van der Waals surface area contributed by atoms with Gasteiger partial charge < -0.3 is 19.4 Å². The van der Waals surface area contributed by atoms with E-state index in [0.29, 0.717) is 37.1 Å². The molecule has 1 saturated heterocycles. The Kier molecular flexibility index (Phi) is 6.17. The molecule has 0 spiro atoms. The standard InChI is InChI=1S/C31H29N5O3/c37-28-17-22-8-4-5-9-24(22)25(21-6-2-1-3-7-21)18-26(28)33-31-35-34-30(39-31)29-27(36-12-14-38-15-13-36)16-23(19-32-29)20-10-11-20/h1-9,16,18-20,26H,10-15,17H2,(H,33,35)/t26-/m0/s1. The molecule has 8 nitrogen and oxygen atoms in total. The molecule has 7 rings (SSSR count). The van der Waals surface area contributed by atoms with E-state index in [1.165, 1.54) is 18.4 Å². The summed E-state index contributed by atoms with van der Waals surface area (Å²) in [5.41, 5.74) is 7.01. The molecular formula is C31H29N5O3. The number of ketones is 1. The van der Waals surface area contributed by atoms with Crippen LogP contribution >= 0.6 is 0 Å². The van der Waals surface area contributed by atoms with Crippen molar-refractivity contribution in [2.75, 3.05) is 36.5 Å². The molecule has 4 aromatic rings. The average molecular weight is 520 g/mol. The largest absolute Gasteiger partial charge is 0.402 e. The normalized spacial score (nSPS) is 19.3. The zero-order chi connectivity index (χ0) is 26.2. The van der Waals surface area contributed by atoms with Gasteiger partial charge in [-0.3, -0.25) is 4.79 Å². The summed E-state index contributed by atoms with van der Waals surface area (Å²) < 4.78 is 11.7.